The molecule has 3 aliphatic heterocycles. The average Bonchev–Trinajstić information content (AvgIpc) is 3.86. The van der Waals surface area contributed by atoms with Crippen LogP contribution in [0.25, 0.3) is 0 Å². The maximum absolute atomic E-state index is 13.4. The number of likely N-dealkylation sites (tertiary alicyclic amines) is 3. The minimum absolute atomic E-state index is 0.00978. The third-order valence-electron chi connectivity index (χ3n) is 10.9. The van der Waals surface area contributed by atoms with Crippen molar-refractivity contribution in [2.75, 3.05) is 92.1 Å². The zero-order valence-electron chi connectivity index (χ0n) is 36.9. The monoisotopic (exact) mass is 846 g/mol. The summed E-state index contributed by atoms with van der Waals surface area (Å²) in [6.07, 6.45) is -3.43. The summed E-state index contributed by atoms with van der Waals surface area (Å²) in [7, 11) is 0. The summed E-state index contributed by atoms with van der Waals surface area (Å²) >= 11 is 0. The number of rotatable bonds is 32. The lowest BCUT2D eigenvalue weighted by Gasteiger charge is -2.37. The molecule has 7 unspecified atom stereocenters. The molecule has 6 radical (unpaired) electrons. The highest BCUT2D eigenvalue weighted by atomic mass is 16.6. The van der Waals surface area contributed by atoms with Crippen LogP contribution >= 0.6 is 0 Å². The third kappa shape index (κ3) is 16.8. The molecule has 15 heteroatoms. The number of carbonyl (C=O) groups is 6. The first-order valence-electron chi connectivity index (χ1n) is 21.7. The van der Waals surface area contributed by atoms with E-state index in [0.29, 0.717) is 39.3 Å². The lowest BCUT2D eigenvalue weighted by molar-refractivity contribution is -0.193. The molecule has 3 amide bonds. The van der Waals surface area contributed by atoms with Crippen LogP contribution in [0.4, 0.5) is 0 Å². The molecule has 0 aromatic heterocycles. The molecule has 0 N–H and O–H groups in total. The van der Waals surface area contributed by atoms with Crippen molar-refractivity contribution in [1.29, 1.82) is 0 Å². The Labute approximate surface area is 359 Å². The molecule has 0 aliphatic carbocycles. The SMILES string of the molecule is [CH]COCC(OC[CH])C(OCCC(=O)C1CC(=O)N(CC(C)C)C1)C(OCCC(=O)C1CC(=O)N(CC(C)C)C1)C(COCCC(=O)C1CC(=O)N(CC(C)C)C1)OC[CH]. The summed E-state index contributed by atoms with van der Waals surface area (Å²) in [5.41, 5.74) is 0. The first-order chi connectivity index (χ1) is 28.6. The smallest absolute Gasteiger partial charge is 0.223 e. The zero-order valence-corrected chi connectivity index (χ0v) is 36.9. The molecule has 3 heterocycles. The lowest BCUT2D eigenvalue weighted by Crippen LogP contribution is -2.53. The van der Waals surface area contributed by atoms with Gasteiger partial charge in [0.2, 0.25) is 17.7 Å². The zero-order chi connectivity index (χ0) is 44.4. The Morgan fingerprint density at radius 2 is 0.850 bits per heavy atom. The molecular weight excluding hydrogens is 775 g/mol. The molecule has 60 heavy (non-hydrogen) atoms. The third-order valence-corrected chi connectivity index (χ3v) is 10.9. The standard InChI is InChI=1S/C45H71N3O12/c1-10-55-28-39(57-11-2)44(59-17-14-37(50)34-20-42(53)47(26-34)23-31(6)7)45(60-18-15-38(51)35-21-43(54)48(27-35)24-32(8)9)40(58-12-3)29-56-16-13-36(49)33-19-41(52)46(25-33)22-30(4)5/h1-3,30-35,39-40,44-45H,10-29H2,4-9H3. The van der Waals surface area contributed by atoms with Gasteiger partial charge in [-0.2, -0.15) is 0 Å². The van der Waals surface area contributed by atoms with Crippen LogP contribution in [-0.2, 0) is 57.2 Å². The molecule has 3 rings (SSSR count). The molecule has 3 fully saturated rings. The van der Waals surface area contributed by atoms with Gasteiger partial charge in [-0.15, -0.1) is 0 Å². The highest BCUT2D eigenvalue weighted by Crippen LogP contribution is 2.26. The predicted octanol–water partition coefficient (Wildman–Crippen LogP) is 3.08. The molecule has 0 bridgehead atoms. The number of carbonyl (C=O) groups excluding carboxylic acids is 6. The summed E-state index contributed by atoms with van der Waals surface area (Å²) in [4.78, 5) is 83.0. The Morgan fingerprint density at radius 3 is 1.17 bits per heavy atom. The molecule has 338 valence electrons. The quantitative estimate of drug-likeness (QED) is 0.0910. The van der Waals surface area contributed by atoms with Gasteiger partial charge in [0.05, 0.1) is 52.9 Å². The highest BCUT2D eigenvalue weighted by Gasteiger charge is 2.41. The second-order valence-corrected chi connectivity index (χ2v) is 17.5. The molecule has 3 aliphatic rings. The van der Waals surface area contributed by atoms with E-state index in [9.17, 15) is 28.8 Å². The molecular formula is C45H71N3O12. The van der Waals surface area contributed by atoms with Gasteiger partial charge in [-0.1, -0.05) is 41.5 Å². The second kappa shape index (κ2) is 26.6. The predicted molar refractivity (Wildman–Crippen MR) is 221 cm³/mol. The molecule has 3 saturated heterocycles. The van der Waals surface area contributed by atoms with E-state index in [0.717, 1.165) is 0 Å². The van der Waals surface area contributed by atoms with Gasteiger partial charge in [0.25, 0.3) is 0 Å². The van der Waals surface area contributed by atoms with Crippen molar-refractivity contribution >= 4 is 35.1 Å². The minimum Gasteiger partial charge on any atom is -0.378 e. The Kier molecular flexibility index (Phi) is 22.9. The van der Waals surface area contributed by atoms with Gasteiger partial charge >= 0.3 is 0 Å². The fourth-order valence-electron chi connectivity index (χ4n) is 8.13. The number of hydrogen-bond donors (Lipinski definition) is 0. The maximum Gasteiger partial charge on any atom is 0.223 e. The maximum atomic E-state index is 13.4. The van der Waals surface area contributed by atoms with Crippen molar-refractivity contribution in [1.82, 2.24) is 14.7 Å². The largest absolute Gasteiger partial charge is 0.378 e. The topological polar surface area (TPSA) is 168 Å². The van der Waals surface area contributed by atoms with Crippen LogP contribution < -0.4 is 0 Å². The second-order valence-electron chi connectivity index (χ2n) is 17.5. The Hall–Kier alpha value is -2.82. The van der Waals surface area contributed by atoms with Crippen molar-refractivity contribution in [3.8, 4) is 0 Å². The van der Waals surface area contributed by atoms with Gasteiger partial charge in [0.1, 0.15) is 41.8 Å². The van der Waals surface area contributed by atoms with E-state index < -0.39 is 42.2 Å². The number of hydrogen-bond acceptors (Lipinski definition) is 12. The van der Waals surface area contributed by atoms with Crippen molar-refractivity contribution < 1.29 is 57.2 Å². The van der Waals surface area contributed by atoms with E-state index in [-0.39, 0.29) is 144 Å². The van der Waals surface area contributed by atoms with Crippen molar-refractivity contribution in [2.45, 2.75) is 104 Å². The summed E-state index contributed by atoms with van der Waals surface area (Å²) in [6, 6.07) is 0. The Morgan fingerprint density at radius 1 is 0.517 bits per heavy atom. The van der Waals surface area contributed by atoms with Crippen LogP contribution in [0.1, 0.15) is 80.1 Å². The van der Waals surface area contributed by atoms with Crippen molar-refractivity contribution in [3.63, 3.8) is 0 Å². The normalized spacial score (nSPS) is 21.9. The molecule has 0 aromatic carbocycles. The molecule has 0 saturated carbocycles. The Balaban J connectivity index is 1.79. The van der Waals surface area contributed by atoms with Crippen molar-refractivity contribution in [2.24, 2.45) is 35.5 Å². The van der Waals surface area contributed by atoms with Crippen LogP contribution in [-0.4, -0.2) is 166 Å². The van der Waals surface area contributed by atoms with Gasteiger partial charge in [-0.25, -0.2) is 0 Å². The number of ether oxygens (including phenoxy) is 6. The van der Waals surface area contributed by atoms with Crippen LogP contribution in [0, 0.1) is 56.3 Å². The van der Waals surface area contributed by atoms with Gasteiger partial charge in [0, 0.05) is 95.5 Å². The van der Waals surface area contributed by atoms with Crippen LogP contribution in [0.3, 0.4) is 0 Å². The summed E-state index contributed by atoms with van der Waals surface area (Å²) in [5.74, 6) is -0.988. The number of amides is 3. The van der Waals surface area contributed by atoms with E-state index in [4.69, 9.17) is 49.2 Å². The fourth-order valence-corrected chi connectivity index (χ4v) is 8.13. The lowest BCUT2D eigenvalue weighted by atomic mass is 9.99. The van der Waals surface area contributed by atoms with E-state index in [1.807, 2.05) is 41.5 Å². The summed E-state index contributed by atoms with van der Waals surface area (Å²) in [5, 5.41) is 0. The van der Waals surface area contributed by atoms with E-state index in [1.165, 1.54) is 0 Å². The van der Waals surface area contributed by atoms with Gasteiger partial charge < -0.3 is 43.1 Å². The molecule has 7 atom stereocenters. The van der Waals surface area contributed by atoms with Gasteiger partial charge in [0.15, 0.2) is 0 Å². The van der Waals surface area contributed by atoms with Crippen LogP contribution in [0.5, 0.6) is 0 Å². The average molecular weight is 846 g/mol. The van der Waals surface area contributed by atoms with Crippen LogP contribution in [0.15, 0.2) is 0 Å². The Bertz CT molecular complexity index is 1370. The van der Waals surface area contributed by atoms with E-state index >= 15 is 0 Å². The van der Waals surface area contributed by atoms with Crippen LogP contribution in [0.2, 0.25) is 0 Å². The number of ketones is 3. The number of Topliss-reactive ketones (excluding diaryl/α,β-unsaturated/α-hetero) is 3. The van der Waals surface area contributed by atoms with E-state index in [1.54, 1.807) is 14.7 Å². The summed E-state index contributed by atoms with van der Waals surface area (Å²) in [6.45, 7) is 31.5. The molecule has 15 nitrogen and oxygen atoms in total. The first kappa shape index (κ1) is 51.5. The molecule has 0 spiro atoms. The molecule has 0 aromatic rings. The highest BCUT2D eigenvalue weighted by molar-refractivity contribution is 5.91. The van der Waals surface area contributed by atoms with Crippen molar-refractivity contribution in [3.05, 3.63) is 20.8 Å². The minimum atomic E-state index is -1.04. The number of nitrogens with zero attached hydrogens (tertiary/aromatic N) is 3. The summed E-state index contributed by atoms with van der Waals surface area (Å²) < 4.78 is 36.3. The van der Waals surface area contributed by atoms with Gasteiger partial charge in [-0.05, 0) is 38.5 Å². The van der Waals surface area contributed by atoms with E-state index in [2.05, 4.69) is 0 Å². The fraction of sp³-hybridized carbons (Fsp3) is 0.800. The first-order valence-corrected chi connectivity index (χ1v) is 21.7. The van der Waals surface area contributed by atoms with Gasteiger partial charge in [-0.3, -0.25) is 28.8 Å².